The molecule has 2 aromatic rings. The van der Waals surface area contributed by atoms with Crippen LogP contribution in [0.2, 0.25) is 0 Å². The number of carbonyl (C=O) groups excluding carboxylic acids is 1. The van der Waals surface area contributed by atoms with Gasteiger partial charge < -0.3 is 14.8 Å². The molecule has 104 valence electrons. The van der Waals surface area contributed by atoms with E-state index in [9.17, 15) is 4.79 Å². The molecule has 0 aromatic heterocycles. The first-order valence-electron chi connectivity index (χ1n) is 6.44. The quantitative estimate of drug-likeness (QED) is 0.645. The molecule has 0 unspecified atom stereocenters. The van der Waals surface area contributed by atoms with Gasteiger partial charge in [-0.2, -0.15) is 0 Å². The molecular formula is C16H17NO3. The van der Waals surface area contributed by atoms with Crippen molar-refractivity contribution in [3.8, 4) is 11.5 Å². The normalized spacial score (nSPS) is 9.85. The molecule has 0 bridgehead atoms. The van der Waals surface area contributed by atoms with E-state index in [2.05, 4.69) is 5.32 Å². The molecule has 4 nitrogen and oxygen atoms in total. The summed E-state index contributed by atoms with van der Waals surface area (Å²) in [5.41, 5.74) is 0.956. The molecule has 0 spiro atoms. The van der Waals surface area contributed by atoms with Crippen molar-refractivity contribution >= 4 is 11.7 Å². The topological polar surface area (TPSA) is 47.6 Å². The fourth-order valence-corrected chi connectivity index (χ4v) is 1.66. The van der Waals surface area contributed by atoms with E-state index in [4.69, 9.17) is 9.47 Å². The van der Waals surface area contributed by atoms with Crippen molar-refractivity contribution in [2.45, 2.75) is 6.92 Å². The van der Waals surface area contributed by atoms with Crippen LogP contribution in [-0.4, -0.2) is 19.1 Å². The summed E-state index contributed by atoms with van der Waals surface area (Å²) < 4.78 is 10.5. The number of para-hydroxylation sites is 1. The lowest BCUT2D eigenvalue weighted by molar-refractivity contribution is -0.140. The largest absolute Gasteiger partial charge is 0.464 e. The Kier molecular flexibility index (Phi) is 5.00. The number of esters is 1. The molecular weight excluding hydrogens is 254 g/mol. The minimum absolute atomic E-state index is 0.265. The summed E-state index contributed by atoms with van der Waals surface area (Å²) >= 11 is 0. The number of nitrogens with one attached hydrogen (secondary N) is 1. The third kappa shape index (κ3) is 4.65. The highest BCUT2D eigenvalue weighted by Gasteiger charge is 1.98. The maximum Gasteiger partial charge on any atom is 0.302 e. The SMILES string of the molecule is CC(=O)OCCNc1ccc(Oc2ccccc2)cc1. The van der Waals surface area contributed by atoms with Gasteiger partial charge in [0.25, 0.3) is 0 Å². The van der Waals surface area contributed by atoms with Crippen LogP contribution in [0.4, 0.5) is 5.69 Å². The van der Waals surface area contributed by atoms with Crippen molar-refractivity contribution in [1.82, 2.24) is 0 Å². The average Bonchev–Trinajstić information content (AvgIpc) is 2.46. The molecule has 2 aromatic carbocycles. The minimum Gasteiger partial charge on any atom is -0.464 e. The molecule has 0 amide bonds. The molecule has 0 aliphatic carbocycles. The van der Waals surface area contributed by atoms with Gasteiger partial charge >= 0.3 is 5.97 Å². The smallest absolute Gasteiger partial charge is 0.302 e. The van der Waals surface area contributed by atoms with Crippen molar-refractivity contribution in [3.05, 3.63) is 54.6 Å². The van der Waals surface area contributed by atoms with Crippen LogP contribution in [0.5, 0.6) is 11.5 Å². The highest BCUT2D eigenvalue weighted by molar-refractivity contribution is 5.65. The van der Waals surface area contributed by atoms with E-state index in [1.807, 2.05) is 54.6 Å². The number of hydrogen-bond donors (Lipinski definition) is 1. The van der Waals surface area contributed by atoms with Crippen LogP contribution < -0.4 is 10.1 Å². The molecule has 0 radical (unpaired) electrons. The molecule has 0 aliphatic rings. The minimum atomic E-state index is -0.265. The highest BCUT2D eigenvalue weighted by Crippen LogP contribution is 2.22. The second kappa shape index (κ2) is 7.19. The van der Waals surface area contributed by atoms with E-state index in [-0.39, 0.29) is 5.97 Å². The van der Waals surface area contributed by atoms with E-state index in [0.717, 1.165) is 17.2 Å². The number of hydrogen-bond acceptors (Lipinski definition) is 4. The maximum absolute atomic E-state index is 10.6. The van der Waals surface area contributed by atoms with Crippen LogP contribution in [0.25, 0.3) is 0 Å². The second-order valence-electron chi connectivity index (χ2n) is 4.21. The fraction of sp³-hybridized carbons (Fsp3) is 0.188. The Bertz CT molecular complexity index is 537. The summed E-state index contributed by atoms with van der Waals surface area (Å²) in [6, 6.07) is 17.3. The summed E-state index contributed by atoms with van der Waals surface area (Å²) in [5.74, 6) is 1.32. The number of rotatable bonds is 6. The molecule has 1 N–H and O–H groups in total. The number of carbonyl (C=O) groups is 1. The number of benzene rings is 2. The Morgan fingerprint density at radius 2 is 1.65 bits per heavy atom. The lowest BCUT2D eigenvalue weighted by Crippen LogP contribution is -2.11. The van der Waals surface area contributed by atoms with Gasteiger partial charge in [0.2, 0.25) is 0 Å². The summed E-state index contributed by atoms with van der Waals surface area (Å²) in [6.45, 7) is 2.34. The van der Waals surface area contributed by atoms with Crippen LogP contribution in [0.15, 0.2) is 54.6 Å². The molecule has 0 saturated carbocycles. The van der Waals surface area contributed by atoms with Gasteiger partial charge in [0.15, 0.2) is 0 Å². The number of anilines is 1. The first-order valence-corrected chi connectivity index (χ1v) is 6.44. The summed E-state index contributed by atoms with van der Waals surface area (Å²) in [6.07, 6.45) is 0. The van der Waals surface area contributed by atoms with E-state index in [1.165, 1.54) is 6.92 Å². The Hall–Kier alpha value is -2.49. The van der Waals surface area contributed by atoms with Crippen molar-refractivity contribution in [2.75, 3.05) is 18.5 Å². The average molecular weight is 271 g/mol. The summed E-state index contributed by atoms with van der Waals surface area (Å²) in [7, 11) is 0. The Morgan fingerprint density at radius 1 is 1.00 bits per heavy atom. The monoisotopic (exact) mass is 271 g/mol. The zero-order valence-electron chi connectivity index (χ0n) is 11.3. The first kappa shape index (κ1) is 13.9. The third-order valence-electron chi connectivity index (χ3n) is 2.57. The standard InChI is InChI=1S/C16H17NO3/c1-13(18)19-12-11-17-14-7-9-16(10-8-14)20-15-5-3-2-4-6-15/h2-10,17H,11-12H2,1H3. The lowest BCUT2D eigenvalue weighted by Gasteiger charge is -2.08. The first-order chi connectivity index (χ1) is 9.74. The molecule has 2 rings (SSSR count). The van der Waals surface area contributed by atoms with E-state index in [1.54, 1.807) is 0 Å². The zero-order valence-corrected chi connectivity index (χ0v) is 11.3. The molecule has 20 heavy (non-hydrogen) atoms. The molecule has 0 saturated heterocycles. The fourth-order valence-electron chi connectivity index (χ4n) is 1.66. The predicted molar refractivity (Wildman–Crippen MR) is 78.1 cm³/mol. The second-order valence-corrected chi connectivity index (χ2v) is 4.21. The molecule has 0 heterocycles. The summed E-state index contributed by atoms with van der Waals surface area (Å²) in [5, 5.41) is 3.16. The van der Waals surface area contributed by atoms with Gasteiger partial charge in [-0.15, -0.1) is 0 Å². The van der Waals surface area contributed by atoms with Crippen LogP contribution in [0, 0.1) is 0 Å². The highest BCUT2D eigenvalue weighted by atomic mass is 16.5. The van der Waals surface area contributed by atoms with Crippen molar-refractivity contribution in [1.29, 1.82) is 0 Å². The Morgan fingerprint density at radius 3 is 2.30 bits per heavy atom. The number of ether oxygens (including phenoxy) is 2. The van der Waals surface area contributed by atoms with Crippen LogP contribution in [0.1, 0.15) is 6.92 Å². The van der Waals surface area contributed by atoms with E-state index in [0.29, 0.717) is 13.2 Å². The van der Waals surface area contributed by atoms with Crippen LogP contribution >= 0.6 is 0 Å². The maximum atomic E-state index is 10.6. The zero-order chi connectivity index (χ0) is 14.2. The molecule has 0 atom stereocenters. The van der Waals surface area contributed by atoms with Gasteiger partial charge in [0.1, 0.15) is 18.1 Å². The van der Waals surface area contributed by atoms with E-state index < -0.39 is 0 Å². The third-order valence-corrected chi connectivity index (χ3v) is 2.57. The Balaban J connectivity index is 1.82. The van der Waals surface area contributed by atoms with Crippen molar-refractivity contribution < 1.29 is 14.3 Å². The van der Waals surface area contributed by atoms with Gasteiger partial charge in [-0.3, -0.25) is 4.79 Å². The lowest BCUT2D eigenvalue weighted by atomic mass is 10.3. The van der Waals surface area contributed by atoms with Crippen molar-refractivity contribution in [3.63, 3.8) is 0 Å². The van der Waals surface area contributed by atoms with Gasteiger partial charge in [-0.05, 0) is 36.4 Å². The van der Waals surface area contributed by atoms with Gasteiger partial charge in [0.05, 0.1) is 0 Å². The molecule has 4 heteroatoms. The van der Waals surface area contributed by atoms with Gasteiger partial charge in [-0.1, -0.05) is 18.2 Å². The summed E-state index contributed by atoms with van der Waals surface area (Å²) in [4.78, 5) is 10.6. The van der Waals surface area contributed by atoms with E-state index >= 15 is 0 Å². The molecule has 0 aliphatic heterocycles. The van der Waals surface area contributed by atoms with Crippen LogP contribution in [0.3, 0.4) is 0 Å². The van der Waals surface area contributed by atoms with Gasteiger partial charge in [0, 0.05) is 19.2 Å². The predicted octanol–water partition coefficient (Wildman–Crippen LogP) is 3.45. The van der Waals surface area contributed by atoms with Crippen molar-refractivity contribution in [2.24, 2.45) is 0 Å². The Labute approximate surface area is 118 Å². The van der Waals surface area contributed by atoms with Gasteiger partial charge in [-0.25, -0.2) is 0 Å². The van der Waals surface area contributed by atoms with Crippen LogP contribution in [-0.2, 0) is 9.53 Å². The molecule has 0 fully saturated rings.